The third-order valence-corrected chi connectivity index (χ3v) is 3.32. The molecule has 0 atom stereocenters. The standard InChI is InChI=1S/C13H18F3N5O/c1-2-17-10-3-4-11(19-18-10)20-5-7-21(8-6-20)12(22)9-13(14,15)16/h3-4H,2,5-9H2,1H3,(H,17,18). The van der Waals surface area contributed by atoms with Gasteiger partial charge in [-0.1, -0.05) is 0 Å². The number of aromatic nitrogens is 2. The summed E-state index contributed by atoms with van der Waals surface area (Å²) in [7, 11) is 0. The number of carbonyl (C=O) groups is 1. The van der Waals surface area contributed by atoms with Crippen molar-refractivity contribution in [1.29, 1.82) is 0 Å². The van der Waals surface area contributed by atoms with Gasteiger partial charge in [0.05, 0.1) is 0 Å². The number of anilines is 2. The second kappa shape index (κ2) is 6.80. The van der Waals surface area contributed by atoms with Gasteiger partial charge in [-0.2, -0.15) is 13.2 Å². The maximum atomic E-state index is 12.2. The van der Waals surface area contributed by atoms with Crippen molar-refractivity contribution in [2.24, 2.45) is 0 Å². The van der Waals surface area contributed by atoms with Crippen LogP contribution in [0.5, 0.6) is 0 Å². The Bertz CT molecular complexity index is 497. The highest BCUT2D eigenvalue weighted by molar-refractivity contribution is 5.77. The maximum absolute atomic E-state index is 12.2. The summed E-state index contributed by atoms with van der Waals surface area (Å²) in [6, 6.07) is 3.60. The average molecular weight is 317 g/mol. The zero-order valence-corrected chi connectivity index (χ0v) is 12.2. The van der Waals surface area contributed by atoms with E-state index in [1.807, 2.05) is 11.8 Å². The third-order valence-electron chi connectivity index (χ3n) is 3.32. The second-order valence-electron chi connectivity index (χ2n) is 4.97. The molecule has 122 valence electrons. The topological polar surface area (TPSA) is 61.4 Å². The Morgan fingerprint density at radius 3 is 2.41 bits per heavy atom. The largest absolute Gasteiger partial charge is 0.397 e. The van der Waals surface area contributed by atoms with Crippen molar-refractivity contribution < 1.29 is 18.0 Å². The van der Waals surface area contributed by atoms with Crippen LogP contribution in [0, 0.1) is 0 Å². The maximum Gasteiger partial charge on any atom is 0.397 e. The average Bonchev–Trinajstić information content (AvgIpc) is 2.47. The first-order chi connectivity index (χ1) is 10.4. The van der Waals surface area contributed by atoms with Gasteiger partial charge in [0.25, 0.3) is 0 Å². The Morgan fingerprint density at radius 2 is 1.91 bits per heavy atom. The molecule has 1 saturated heterocycles. The minimum atomic E-state index is -4.46. The van der Waals surface area contributed by atoms with Crippen LogP contribution in [0.2, 0.25) is 0 Å². The molecule has 1 aliphatic rings. The Morgan fingerprint density at radius 1 is 1.23 bits per heavy atom. The first kappa shape index (κ1) is 16.3. The number of alkyl halides is 3. The van der Waals surface area contributed by atoms with E-state index in [4.69, 9.17) is 0 Å². The van der Waals surface area contributed by atoms with Crippen molar-refractivity contribution in [2.75, 3.05) is 42.9 Å². The van der Waals surface area contributed by atoms with Crippen molar-refractivity contribution in [2.45, 2.75) is 19.5 Å². The van der Waals surface area contributed by atoms with Crippen LogP contribution in [0.15, 0.2) is 12.1 Å². The fourth-order valence-corrected chi connectivity index (χ4v) is 2.24. The third kappa shape index (κ3) is 4.47. The van der Waals surface area contributed by atoms with Crippen molar-refractivity contribution in [3.8, 4) is 0 Å². The Balaban J connectivity index is 1.87. The highest BCUT2D eigenvalue weighted by atomic mass is 19.4. The molecule has 1 fully saturated rings. The molecule has 2 rings (SSSR count). The molecular formula is C13H18F3N5O. The van der Waals surface area contributed by atoms with Crippen molar-refractivity contribution in [3.05, 3.63) is 12.1 Å². The lowest BCUT2D eigenvalue weighted by Gasteiger charge is -2.35. The minimum absolute atomic E-state index is 0.256. The van der Waals surface area contributed by atoms with Gasteiger partial charge >= 0.3 is 6.18 Å². The number of amides is 1. The van der Waals surface area contributed by atoms with Gasteiger partial charge in [0.1, 0.15) is 12.2 Å². The number of halogens is 3. The summed E-state index contributed by atoms with van der Waals surface area (Å²) in [5.41, 5.74) is 0. The first-order valence-electron chi connectivity index (χ1n) is 7.06. The number of hydrogen-bond acceptors (Lipinski definition) is 5. The number of hydrogen-bond donors (Lipinski definition) is 1. The van der Waals surface area contributed by atoms with E-state index in [1.165, 1.54) is 4.90 Å². The highest BCUT2D eigenvalue weighted by Crippen LogP contribution is 2.21. The van der Waals surface area contributed by atoms with E-state index in [-0.39, 0.29) is 13.1 Å². The molecule has 1 aromatic rings. The molecule has 22 heavy (non-hydrogen) atoms. The van der Waals surface area contributed by atoms with Crippen LogP contribution in [0.3, 0.4) is 0 Å². The summed E-state index contributed by atoms with van der Waals surface area (Å²) < 4.78 is 36.7. The summed E-state index contributed by atoms with van der Waals surface area (Å²) in [5, 5.41) is 11.1. The molecule has 0 radical (unpaired) electrons. The number of nitrogens with zero attached hydrogens (tertiary/aromatic N) is 4. The fraction of sp³-hybridized carbons (Fsp3) is 0.615. The molecule has 1 amide bonds. The molecule has 2 heterocycles. The summed E-state index contributed by atoms with van der Waals surface area (Å²) >= 11 is 0. The van der Waals surface area contributed by atoms with E-state index in [0.29, 0.717) is 24.7 Å². The van der Waals surface area contributed by atoms with Gasteiger partial charge in [0, 0.05) is 32.7 Å². The van der Waals surface area contributed by atoms with E-state index in [0.717, 1.165) is 6.54 Å². The van der Waals surface area contributed by atoms with Crippen LogP contribution < -0.4 is 10.2 Å². The Kier molecular flexibility index (Phi) is 5.04. The van der Waals surface area contributed by atoms with E-state index in [2.05, 4.69) is 15.5 Å². The lowest BCUT2D eigenvalue weighted by atomic mass is 10.2. The van der Waals surface area contributed by atoms with Gasteiger partial charge in [0.2, 0.25) is 5.91 Å². The summed E-state index contributed by atoms with van der Waals surface area (Å²) in [5.74, 6) is 0.454. The monoisotopic (exact) mass is 317 g/mol. The predicted molar refractivity (Wildman–Crippen MR) is 75.7 cm³/mol. The van der Waals surface area contributed by atoms with Crippen LogP contribution in [0.1, 0.15) is 13.3 Å². The van der Waals surface area contributed by atoms with Crippen LogP contribution in [0.4, 0.5) is 24.8 Å². The van der Waals surface area contributed by atoms with Gasteiger partial charge in [-0.15, -0.1) is 10.2 Å². The molecule has 0 aromatic carbocycles. The molecule has 0 saturated carbocycles. The minimum Gasteiger partial charge on any atom is -0.369 e. The first-order valence-corrected chi connectivity index (χ1v) is 7.06. The van der Waals surface area contributed by atoms with Crippen molar-refractivity contribution in [3.63, 3.8) is 0 Å². The Labute approximate surface area is 126 Å². The normalized spacial score (nSPS) is 15.8. The fourth-order valence-electron chi connectivity index (χ4n) is 2.24. The molecule has 0 unspecified atom stereocenters. The molecule has 6 nitrogen and oxygen atoms in total. The van der Waals surface area contributed by atoms with Crippen LogP contribution in [0.25, 0.3) is 0 Å². The van der Waals surface area contributed by atoms with E-state index in [1.54, 1.807) is 12.1 Å². The molecule has 1 N–H and O–H groups in total. The molecule has 0 aliphatic carbocycles. The predicted octanol–water partition coefficient (Wildman–Crippen LogP) is 1.51. The van der Waals surface area contributed by atoms with E-state index < -0.39 is 18.5 Å². The number of carbonyl (C=O) groups excluding carboxylic acids is 1. The van der Waals surface area contributed by atoms with Crippen LogP contribution in [-0.2, 0) is 4.79 Å². The van der Waals surface area contributed by atoms with E-state index >= 15 is 0 Å². The second-order valence-corrected chi connectivity index (χ2v) is 4.97. The van der Waals surface area contributed by atoms with Gasteiger partial charge in [-0.25, -0.2) is 0 Å². The number of piperazine rings is 1. The molecular weight excluding hydrogens is 299 g/mol. The lowest BCUT2D eigenvalue weighted by Crippen LogP contribution is -2.49. The van der Waals surface area contributed by atoms with Crippen LogP contribution in [-0.4, -0.2) is 59.9 Å². The molecule has 0 bridgehead atoms. The highest BCUT2D eigenvalue weighted by Gasteiger charge is 2.34. The SMILES string of the molecule is CCNc1ccc(N2CCN(C(=O)CC(F)(F)F)CC2)nn1. The van der Waals surface area contributed by atoms with Gasteiger partial charge in [-0.05, 0) is 19.1 Å². The molecule has 1 aliphatic heterocycles. The van der Waals surface area contributed by atoms with Crippen LogP contribution >= 0.6 is 0 Å². The lowest BCUT2D eigenvalue weighted by molar-refractivity contribution is -0.161. The number of nitrogens with one attached hydrogen (secondary N) is 1. The van der Waals surface area contributed by atoms with Crippen molar-refractivity contribution in [1.82, 2.24) is 15.1 Å². The smallest absolute Gasteiger partial charge is 0.369 e. The van der Waals surface area contributed by atoms with Gasteiger partial charge < -0.3 is 15.1 Å². The zero-order valence-electron chi connectivity index (χ0n) is 12.2. The zero-order chi connectivity index (χ0) is 16.2. The molecule has 0 spiro atoms. The molecule has 1 aromatic heterocycles. The summed E-state index contributed by atoms with van der Waals surface area (Å²) in [6.45, 7) is 4.09. The Hall–Kier alpha value is -2.06. The van der Waals surface area contributed by atoms with Gasteiger partial charge in [-0.3, -0.25) is 4.79 Å². The molecule has 9 heteroatoms. The summed E-state index contributed by atoms with van der Waals surface area (Å²) in [4.78, 5) is 14.7. The van der Waals surface area contributed by atoms with E-state index in [9.17, 15) is 18.0 Å². The quantitative estimate of drug-likeness (QED) is 0.912. The van der Waals surface area contributed by atoms with Gasteiger partial charge in [0.15, 0.2) is 5.82 Å². The summed E-state index contributed by atoms with van der Waals surface area (Å²) in [6.07, 6.45) is -5.86. The number of rotatable bonds is 4. The van der Waals surface area contributed by atoms with Crippen molar-refractivity contribution >= 4 is 17.5 Å².